The van der Waals surface area contributed by atoms with Gasteiger partial charge in [-0.05, 0) is 53.1 Å². The van der Waals surface area contributed by atoms with E-state index in [-0.39, 0.29) is 18.1 Å². The van der Waals surface area contributed by atoms with Gasteiger partial charge in [0.05, 0.1) is 12.5 Å². The molecule has 0 fully saturated rings. The summed E-state index contributed by atoms with van der Waals surface area (Å²) >= 11 is 5.95. The SMILES string of the molecule is CCOC(=O)C1=C(NC(=O)/C=C/c2ccc(Cl)cc2)Oc2ccc3ccccc3c2C1c1ccccc1. The number of amides is 1. The van der Waals surface area contributed by atoms with E-state index in [0.717, 1.165) is 27.5 Å². The number of ether oxygens (including phenoxy) is 2. The molecule has 1 atom stereocenters. The van der Waals surface area contributed by atoms with Crippen LogP contribution in [0.3, 0.4) is 0 Å². The Morgan fingerprint density at radius 3 is 2.43 bits per heavy atom. The third-order valence-electron chi connectivity index (χ3n) is 6.13. The van der Waals surface area contributed by atoms with Crippen LogP contribution in [-0.2, 0) is 14.3 Å². The van der Waals surface area contributed by atoms with Crippen LogP contribution in [-0.4, -0.2) is 18.5 Å². The molecule has 184 valence electrons. The Hall–Kier alpha value is -4.35. The number of benzene rings is 4. The van der Waals surface area contributed by atoms with E-state index in [1.165, 1.54) is 6.08 Å². The minimum absolute atomic E-state index is 0.0563. The quantitative estimate of drug-likeness (QED) is 0.234. The Labute approximate surface area is 220 Å². The molecule has 1 unspecified atom stereocenters. The summed E-state index contributed by atoms with van der Waals surface area (Å²) in [6.45, 7) is 1.93. The number of nitrogens with one attached hydrogen (secondary N) is 1. The van der Waals surface area contributed by atoms with Crippen LogP contribution < -0.4 is 10.1 Å². The number of carbonyl (C=O) groups excluding carboxylic acids is 2. The van der Waals surface area contributed by atoms with Crippen molar-refractivity contribution in [2.75, 3.05) is 6.61 Å². The maximum Gasteiger partial charge on any atom is 0.340 e. The van der Waals surface area contributed by atoms with Crippen LogP contribution in [0.25, 0.3) is 16.8 Å². The molecular formula is C31H24ClNO4. The second-order valence-corrected chi connectivity index (χ2v) is 8.92. The van der Waals surface area contributed by atoms with Gasteiger partial charge in [-0.25, -0.2) is 4.79 Å². The van der Waals surface area contributed by atoms with E-state index in [2.05, 4.69) is 5.32 Å². The Morgan fingerprint density at radius 2 is 1.68 bits per heavy atom. The third kappa shape index (κ3) is 5.13. The molecule has 0 bridgehead atoms. The lowest BCUT2D eigenvalue weighted by Crippen LogP contribution is -2.33. The molecule has 4 aromatic carbocycles. The van der Waals surface area contributed by atoms with Crippen molar-refractivity contribution in [1.29, 1.82) is 0 Å². The molecule has 0 spiro atoms. The molecule has 1 aliphatic rings. The molecule has 0 aromatic heterocycles. The molecule has 0 aliphatic carbocycles. The topological polar surface area (TPSA) is 64.6 Å². The van der Waals surface area contributed by atoms with Gasteiger partial charge in [0.25, 0.3) is 5.91 Å². The average molecular weight is 510 g/mol. The summed E-state index contributed by atoms with van der Waals surface area (Å²) in [6.07, 6.45) is 3.05. The van der Waals surface area contributed by atoms with Crippen LogP contribution in [0.4, 0.5) is 0 Å². The average Bonchev–Trinajstić information content (AvgIpc) is 2.92. The van der Waals surface area contributed by atoms with Gasteiger partial charge < -0.3 is 9.47 Å². The van der Waals surface area contributed by atoms with Gasteiger partial charge in [0.1, 0.15) is 11.3 Å². The molecule has 1 amide bonds. The van der Waals surface area contributed by atoms with Crippen molar-refractivity contribution in [3.05, 3.63) is 130 Å². The van der Waals surface area contributed by atoms with Crippen molar-refractivity contribution in [1.82, 2.24) is 5.32 Å². The molecule has 1 N–H and O–H groups in total. The number of esters is 1. The van der Waals surface area contributed by atoms with E-state index in [1.54, 1.807) is 37.3 Å². The van der Waals surface area contributed by atoms with Gasteiger partial charge in [0, 0.05) is 16.7 Å². The monoisotopic (exact) mass is 509 g/mol. The molecule has 4 aromatic rings. The van der Waals surface area contributed by atoms with Crippen LogP contribution in [0.1, 0.15) is 29.5 Å². The minimum atomic E-state index is -0.549. The third-order valence-corrected chi connectivity index (χ3v) is 6.38. The summed E-state index contributed by atoms with van der Waals surface area (Å²) in [7, 11) is 0. The molecule has 0 radical (unpaired) electrons. The van der Waals surface area contributed by atoms with Gasteiger partial charge in [-0.3, -0.25) is 10.1 Å². The molecule has 0 saturated heterocycles. The Bertz CT molecular complexity index is 1520. The first-order valence-corrected chi connectivity index (χ1v) is 12.3. The van der Waals surface area contributed by atoms with Crippen molar-refractivity contribution in [2.45, 2.75) is 12.8 Å². The van der Waals surface area contributed by atoms with Crippen LogP contribution >= 0.6 is 11.6 Å². The summed E-state index contributed by atoms with van der Waals surface area (Å²) < 4.78 is 11.7. The fraction of sp³-hybridized carbons (Fsp3) is 0.0968. The van der Waals surface area contributed by atoms with E-state index in [9.17, 15) is 9.59 Å². The number of carbonyl (C=O) groups is 2. The van der Waals surface area contributed by atoms with Crippen molar-refractivity contribution in [3.8, 4) is 5.75 Å². The minimum Gasteiger partial charge on any atom is -0.462 e. The van der Waals surface area contributed by atoms with Crippen LogP contribution in [0, 0.1) is 0 Å². The van der Waals surface area contributed by atoms with Crippen molar-refractivity contribution < 1.29 is 19.1 Å². The van der Waals surface area contributed by atoms with Crippen molar-refractivity contribution >= 4 is 40.3 Å². The zero-order valence-corrected chi connectivity index (χ0v) is 20.9. The Balaban J connectivity index is 1.62. The lowest BCUT2D eigenvalue weighted by Gasteiger charge is -2.31. The Morgan fingerprint density at radius 1 is 0.946 bits per heavy atom. The highest BCUT2D eigenvalue weighted by Gasteiger charge is 2.38. The van der Waals surface area contributed by atoms with Gasteiger partial charge in [0.15, 0.2) is 0 Å². The first kappa shape index (κ1) is 24.3. The van der Waals surface area contributed by atoms with Crippen LogP contribution in [0.15, 0.2) is 109 Å². The molecular weight excluding hydrogens is 486 g/mol. The summed E-state index contributed by atoms with van der Waals surface area (Å²) in [5.41, 5.74) is 2.78. The highest BCUT2D eigenvalue weighted by atomic mass is 35.5. The predicted octanol–water partition coefficient (Wildman–Crippen LogP) is 6.62. The maximum absolute atomic E-state index is 13.4. The molecule has 5 rings (SSSR count). The molecule has 1 aliphatic heterocycles. The van der Waals surface area contributed by atoms with Crippen molar-refractivity contribution in [3.63, 3.8) is 0 Å². The lowest BCUT2D eigenvalue weighted by molar-refractivity contribution is -0.139. The second-order valence-electron chi connectivity index (χ2n) is 8.48. The van der Waals surface area contributed by atoms with E-state index < -0.39 is 17.8 Å². The number of rotatable bonds is 6. The standard InChI is InChI=1S/C31H24ClNO4/c1-2-36-31(35)29-27(22-9-4-3-5-10-22)28-24-11-7-6-8-21(24)15-18-25(28)37-30(29)33-26(34)19-14-20-12-16-23(32)17-13-20/h3-19,27H,2H2,1H3,(H,33,34)/b19-14+. The normalized spacial score (nSPS) is 14.8. The first-order valence-electron chi connectivity index (χ1n) is 12.0. The van der Waals surface area contributed by atoms with E-state index in [0.29, 0.717) is 10.8 Å². The first-order chi connectivity index (χ1) is 18.0. The highest BCUT2D eigenvalue weighted by Crippen LogP contribution is 2.46. The lowest BCUT2D eigenvalue weighted by atomic mass is 9.80. The van der Waals surface area contributed by atoms with Crippen LogP contribution in [0.5, 0.6) is 5.75 Å². The fourth-order valence-corrected chi connectivity index (χ4v) is 4.62. The summed E-state index contributed by atoms with van der Waals surface area (Å²) in [5, 5.41) is 5.38. The predicted molar refractivity (Wildman–Crippen MR) is 145 cm³/mol. The smallest absolute Gasteiger partial charge is 0.340 e. The number of hydrogen-bond donors (Lipinski definition) is 1. The summed E-state index contributed by atoms with van der Waals surface area (Å²) in [4.78, 5) is 26.3. The summed E-state index contributed by atoms with van der Waals surface area (Å²) in [6, 6.07) is 28.6. The van der Waals surface area contributed by atoms with Gasteiger partial charge in [0.2, 0.25) is 5.88 Å². The molecule has 6 heteroatoms. The second kappa shape index (κ2) is 10.7. The van der Waals surface area contributed by atoms with Gasteiger partial charge in [-0.1, -0.05) is 84.4 Å². The number of fused-ring (bicyclic) bond motifs is 3. The number of hydrogen-bond acceptors (Lipinski definition) is 4. The molecule has 1 heterocycles. The molecule has 5 nitrogen and oxygen atoms in total. The van der Waals surface area contributed by atoms with E-state index in [1.807, 2.05) is 66.7 Å². The maximum atomic E-state index is 13.4. The van der Waals surface area contributed by atoms with Crippen LogP contribution in [0.2, 0.25) is 5.02 Å². The van der Waals surface area contributed by atoms with E-state index >= 15 is 0 Å². The Kier molecular flexibility index (Phi) is 7.06. The van der Waals surface area contributed by atoms with Gasteiger partial charge in [-0.15, -0.1) is 0 Å². The van der Waals surface area contributed by atoms with E-state index in [4.69, 9.17) is 21.1 Å². The van der Waals surface area contributed by atoms with Gasteiger partial charge in [-0.2, -0.15) is 0 Å². The highest BCUT2D eigenvalue weighted by molar-refractivity contribution is 6.30. The zero-order chi connectivity index (χ0) is 25.8. The fourth-order valence-electron chi connectivity index (χ4n) is 4.49. The zero-order valence-electron chi connectivity index (χ0n) is 20.1. The molecule has 37 heavy (non-hydrogen) atoms. The van der Waals surface area contributed by atoms with Gasteiger partial charge >= 0.3 is 5.97 Å². The summed E-state index contributed by atoms with van der Waals surface area (Å²) in [5.74, 6) is -0.876. The van der Waals surface area contributed by atoms with Crippen molar-refractivity contribution in [2.24, 2.45) is 0 Å². The molecule has 0 saturated carbocycles. The largest absolute Gasteiger partial charge is 0.462 e. The number of halogens is 1.